The SMILES string of the molecule is CCN(c1ccc(NC(=O)CCN2C(=O)[C@H]3CC=CC[C@H]3C2=O)cc1)C(C)C. The van der Waals surface area contributed by atoms with Crippen LogP contribution in [-0.4, -0.2) is 41.8 Å². The summed E-state index contributed by atoms with van der Waals surface area (Å²) in [5, 5.41) is 2.85. The van der Waals surface area contributed by atoms with Crippen molar-refractivity contribution >= 4 is 29.1 Å². The second-order valence-electron chi connectivity index (χ2n) is 7.71. The number of anilines is 2. The highest BCUT2D eigenvalue weighted by Crippen LogP contribution is 2.35. The largest absolute Gasteiger partial charge is 0.369 e. The highest BCUT2D eigenvalue weighted by atomic mass is 16.2. The van der Waals surface area contributed by atoms with Gasteiger partial charge in [0, 0.05) is 36.9 Å². The zero-order valence-electron chi connectivity index (χ0n) is 16.9. The minimum absolute atomic E-state index is 0.110. The smallest absolute Gasteiger partial charge is 0.233 e. The van der Waals surface area contributed by atoms with Gasteiger partial charge in [0.2, 0.25) is 17.7 Å². The first kappa shape index (κ1) is 20.1. The molecule has 0 saturated carbocycles. The number of nitrogens with zero attached hydrogens (tertiary/aromatic N) is 2. The maximum absolute atomic E-state index is 12.4. The summed E-state index contributed by atoms with van der Waals surface area (Å²) in [5.41, 5.74) is 1.82. The van der Waals surface area contributed by atoms with Gasteiger partial charge in [0.15, 0.2) is 0 Å². The van der Waals surface area contributed by atoms with E-state index in [9.17, 15) is 14.4 Å². The monoisotopic (exact) mass is 383 g/mol. The number of nitrogens with one attached hydrogen (secondary N) is 1. The third-order valence-electron chi connectivity index (χ3n) is 5.61. The highest BCUT2D eigenvalue weighted by Gasteiger charge is 2.46. The van der Waals surface area contributed by atoms with Crippen LogP contribution in [0.15, 0.2) is 36.4 Å². The van der Waals surface area contributed by atoms with Gasteiger partial charge < -0.3 is 10.2 Å². The van der Waals surface area contributed by atoms with Crippen LogP contribution in [0.2, 0.25) is 0 Å². The van der Waals surface area contributed by atoms with Gasteiger partial charge in [-0.15, -0.1) is 0 Å². The topological polar surface area (TPSA) is 69.7 Å². The van der Waals surface area contributed by atoms with Crippen molar-refractivity contribution in [3.05, 3.63) is 36.4 Å². The number of rotatable bonds is 7. The van der Waals surface area contributed by atoms with Crippen LogP contribution in [0.4, 0.5) is 11.4 Å². The predicted molar refractivity (Wildman–Crippen MR) is 110 cm³/mol. The fourth-order valence-corrected chi connectivity index (χ4v) is 4.11. The molecular weight excluding hydrogens is 354 g/mol. The number of fused-ring (bicyclic) bond motifs is 1. The Kier molecular flexibility index (Phi) is 6.17. The van der Waals surface area contributed by atoms with E-state index in [1.54, 1.807) is 0 Å². The van der Waals surface area contributed by atoms with E-state index in [0.29, 0.717) is 24.6 Å². The number of carbonyl (C=O) groups is 3. The molecule has 1 N–H and O–H groups in total. The molecule has 3 rings (SSSR count). The molecule has 1 fully saturated rings. The average molecular weight is 383 g/mol. The number of imide groups is 1. The Morgan fingerprint density at radius 1 is 1.11 bits per heavy atom. The molecule has 1 aliphatic carbocycles. The van der Waals surface area contributed by atoms with E-state index in [1.807, 2.05) is 36.4 Å². The summed E-state index contributed by atoms with van der Waals surface area (Å²) in [4.78, 5) is 40.7. The Labute approximate surface area is 166 Å². The van der Waals surface area contributed by atoms with Crippen molar-refractivity contribution in [2.24, 2.45) is 11.8 Å². The molecule has 2 atom stereocenters. The molecule has 0 aromatic heterocycles. The van der Waals surface area contributed by atoms with Gasteiger partial charge in [0.05, 0.1) is 11.8 Å². The first-order chi connectivity index (χ1) is 13.4. The van der Waals surface area contributed by atoms with Gasteiger partial charge >= 0.3 is 0 Å². The average Bonchev–Trinajstić information content (AvgIpc) is 2.92. The Morgan fingerprint density at radius 2 is 1.68 bits per heavy atom. The first-order valence-electron chi connectivity index (χ1n) is 10.1. The lowest BCUT2D eigenvalue weighted by atomic mass is 9.85. The van der Waals surface area contributed by atoms with Crippen molar-refractivity contribution in [2.45, 2.75) is 46.1 Å². The first-order valence-corrected chi connectivity index (χ1v) is 10.1. The lowest BCUT2D eigenvalue weighted by Crippen LogP contribution is -2.34. The number of amides is 3. The summed E-state index contributed by atoms with van der Waals surface area (Å²) in [7, 11) is 0. The van der Waals surface area contributed by atoms with Crippen molar-refractivity contribution in [3.63, 3.8) is 0 Å². The van der Waals surface area contributed by atoms with E-state index < -0.39 is 0 Å². The summed E-state index contributed by atoms with van der Waals surface area (Å²) in [6.07, 6.45) is 5.28. The molecule has 0 bridgehead atoms. The number of hydrogen-bond donors (Lipinski definition) is 1. The third-order valence-corrected chi connectivity index (χ3v) is 5.61. The zero-order valence-corrected chi connectivity index (χ0v) is 16.9. The minimum atomic E-state index is -0.240. The van der Waals surface area contributed by atoms with Crippen molar-refractivity contribution in [3.8, 4) is 0 Å². The van der Waals surface area contributed by atoms with E-state index in [0.717, 1.165) is 12.2 Å². The molecule has 1 heterocycles. The Bertz CT molecular complexity index is 744. The summed E-state index contributed by atoms with van der Waals surface area (Å²) in [5.74, 6) is -0.946. The van der Waals surface area contributed by atoms with Crippen LogP contribution in [0.1, 0.15) is 40.0 Å². The Hall–Kier alpha value is -2.63. The molecule has 1 saturated heterocycles. The Balaban J connectivity index is 1.53. The van der Waals surface area contributed by atoms with Crippen LogP contribution in [0.5, 0.6) is 0 Å². The van der Waals surface area contributed by atoms with Crippen molar-refractivity contribution in [2.75, 3.05) is 23.3 Å². The van der Waals surface area contributed by atoms with E-state index in [2.05, 4.69) is 31.0 Å². The van der Waals surface area contributed by atoms with Crippen LogP contribution in [0, 0.1) is 11.8 Å². The summed E-state index contributed by atoms with van der Waals surface area (Å²) < 4.78 is 0. The van der Waals surface area contributed by atoms with Crippen LogP contribution < -0.4 is 10.2 Å². The molecule has 1 aliphatic heterocycles. The standard InChI is InChI=1S/C22H29N3O3/c1-4-24(15(2)3)17-11-9-16(10-12-17)23-20(26)13-14-25-21(27)18-7-5-6-8-19(18)22(25)28/h5-6,9-12,15,18-19H,4,7-8,13-14H2,1-3H3,(H,23,26)/t18-,19+. The maximum atomic E-state index is 12.4. The molecule has 6 heteroatoms. The molecule has 28 heavy (non-hydrogen) atoms. The number of benzene rings is 1. The molecule has 1 aromatic carbocycles. The van der Waals surface area contributed by atoms with Crippen molar-refractivity contribution < 1.29 is 14.4 Å². The molecule has 0 unspecified atom stereocenters. The van der Waals surface area contributed by atoms with Crippen LogP contribution in [0.25, 0.3) is 0 Å². The molecule has 2 aliphatic rings. The fourth-order valence-electron chi connectivity index (χ4n) is 4.11. The fraction of sp³-hybridized carbons (Fsp3) is 0.500. The minimum Gasteiger partial charge on any atom is -0.369 e. The van der Waals surface area contributed by atoms with Gasteiger partial charge in [-0.1, -0.05) is 12.2 Å². The van der Waals surface area contributed by atoms with Gasteiger partial charge in [-0.05, 0) is 57.9 Å². The number of carbonyl (C=O) groups excluding carboxylic acids is 3. The number of hydrogen-bond acceptors (Lipinski definition) is 4. The molecule has 6 nitrogen and oxygen atoms in total. The summed E-state index contributed by atoms with van der Waals surface area (Å²) in [6, 6.07) is 8.14. The highest BCUT2D eigenvalue weighted by molar-refractivity contribution is 6.05. The number of likely N-dealkylation sites (tertiary alicyclic amines) is 1. The van der Waals surface area contributed by atoms with Crippen LogP contribution in [0.3, 0.4) is 0 Å². The second kappa shape index (κ2) is 8.59. The van der Waals surface area contributed by atoms with E-state index in [4.69, 9.17) is 0 Å². The quantitative estimate of drug-likeness (QED) is 0.580. The molecule has 1 aromatic rings. The van der Waals surface area contributed by atoms with Crippen molar-refractivity contribution in [1.82, 2.24) is 4.90 Å². The molecule has 0 radical (unpaired) electrons. The normalized spacial score (nSPS) is 21.2. The third kappa shape index (κ3) is 4.11. The predicted octanol–water partition coefficient (Wildman–Crippen LogP) is 3.20. The lowest BCUT2D eigenvalue weighted by Gasteiger charge is -2.27. The molecule has 3 amide bonds. The summed E-state index contributed by atoms with van der Waals surface area (Å²) in [6.45, 7) is 7.46. The van der Waals surface area contributed by atoms with E-state index in [-0.39, 0.29) is 42.5 Å². The van der Waals surface area contributed by atoms with E-state index >= 15 is 0 Å². The molecule has 150 valence electrons. The van der Waals surface area contributed by atoms with Gasteiger partial charge in [-0.3, -0.25) is 19.3 Å². The van der Waals surface area contributed by atoms with Gasteiger partial charge in [0.1, 0.15) is 0 Å². The summed E-state index contributed by atoms with van der Waals surface area (Å²) >= 11 is 0. The second-order valence-corrected chi connectivity index (χ2v) is 7.71. The number of allylic oxidation sites excluding steroid dienone is 2. The van der Waals surface area contributed by atoms with E-state index in [1.165, 1.54) is 4.90 Å². The Morgan fingerprint density at radius 3 is 2.18 bits per heavy atom. The van der Waals surface area contributed by atoms with Crippen molar-refractivity contribution in [1.29, 1.82) is 0 Å². The molecule has 0 spiro atoms. The lowest BCUT2D eigenvalue weighted by molar-refractivity contribution is -0.140. The van der Waals surface area contributed by atoms with Gasteiger partial charge in [-0.2, -0.15) is 0 Å². The van der Waals surface area contributed by atoms with Crippen LogP contribution in [-0.2, 0) is 14.4 Å². The maximum Gasteiger partial charge on any atom is 0.233 e. The van der Waals surface area contributed by atoms with Crippen LogP contribution >= 0.6 is 0 Å². The van der Waals surface area contributed by atoms with Gasteiger partial charge in [0.25, 0.3) is 0 Å². The molecular formula is C22H29N3O3. The zero-order chi connectivity index (χ0) is 20.3. The van der Waals surface area contributed by atoms with Gasteiger partial charge in [-0.25, -0.2) is 0 Å².